The van der Waals surface area contributed by atoms with E-state index in [1.165, 1.54) is 0 Å². The number of thioether (sulfide) groups is 1. The van der Waals surface area contributed by atoms with E-state index in [2.05, 4.69) is 16.4 Å². The maximum atomic E-state index is 11.6. The summed E-state index contributed by atoms with van der Waals surface area (Å²) in [5, 5.41) is 17.9. The molecule has 0 bridgehead atoms. The van der Waals surface area contributed by atoms with E-state index in [4.69, 9.17) is 5.10 Å². The molecule has 2 heterocycles. The number of amidine groups is 1. The van der Waals surface area contributed by atoms with E-state index < -0.39 is 5.41 Å². The van der Waals surface area contributed by atoms with Gasteiger partial charge in [0.2, 0.25) is 0 Å². The van der Waals surface area contributed by atoms with Gasteiger partial charge in [0, 0.05) is 18.6 Å². The highest BCUT2D eigenvalue weighted by atomic mass is 32.2. The fraction of sp³-hybridized carbons (Fsp3) is 0.217. The van der Waals surface area contributed by atoms with Gasteiger partial charge in [0.25, 0.3) is 5.24 Å². The number of aromatic nitrogens is 2. The highest BCUT2D eigenvalue weighted by molar-refractivity contribution is 8.18. The number of benzene rings is 2. The van der Waals surface area contributed by atoms with Gasteiger partial charge in [0.15, 0.2) is 0 Å². The Bertz CT molecular complexity index is 1250. The van der Waals surface area contributed by atoms with Crippen molar-refractivity contribution in [3.8, 4) is 6.07 Å². The molecule has 0 saturated carbocycles. The van der Waals surface area contributed by atoms with Crippen molar-refractivity contribution >= 4 is 39.8 Å². The zero-order chi connectivity index (χ0) is 21.3. The summed E-state index contributed by atoms with van der Waals surface area (Å²) in [6, 6.07) is 16.4. The van der Waals surface area contributed by atoms with Crippen molar-refractivity contribution in [2.24, 2.45) is 4.99 Å². The number of rotatable bonds is 4. The first-order chi connectivity index (χ1) is 14.4. The number of nitrogens with zero attached hydrogens (tertiary/aromatic N) is 4. The van der Waals surface area contributed by atoms with Crippen LogP contribution in [0.25, 0.3) is 17.0 Å². The van der Waals surface area contributed by atoms with Crippen LogP contribution in [0.2, 0.25) is 0 Å². The fourth-order valence-electron chi connectivity index (χ4n) is 3.52. The van der Waals surface area contributed by atoms with Crippen molar-refractivity contribution in [2.75, 3.05) is 7.05 Å². The lowest BCUT2D eigenvalue weighted by Crippen LogP contribution is -2.18. The van der Waals surface area contributed by atoms with Gasteiger partial charge in [-0.2, -0.15) is 10.4 Å². The van der Waals surface area contributed by atoms with E-state index in [-0.39, 0.29) is 5.24 Å². The number of amides is 1. The van der Waals surface area contributed by atoms with Crippen LogP contribution >= 0.6 is 11.8 Å². The lowest BCUT2D eigenvalue weighted by Gasteiger charge is -2.20. The van der Waals surface area contributed by atoms with Crippen molar-refractivity contribution in [3.63, 3.8) is 0 Å². The summed E-state index contributed by atoms with van der Waals surface area (Å²) in [6.45, 7) is 4.45. The smallest absolute Gasteiger partial charge is 0.289 e. The third-order valence-corrected chi connectivity index (χ3v) is 5.87. The summed E-state index contributed by atoms with van der Waals surface area (Å²) >= 11 is 1.14. The number of carbonyl (C=O) groups excluding carboxylic acids is 1. The van der Waals surface area contributed by atoms with Gasteiger partial charge in [0.05, 0.1) is 28.5 Å². The predicted molar refractivity (Wildman–Crippen MR) is 121 cm³/mol. The van der Waals surface area contributed by atoms with Crippen molar-refractivity contribution in [2.45, 2.75) is 25.8 Å². The minimum absolute atomic E-state index is 0.116. The predicted octanol–water partition coefficient (Wildman–Crippen LogP) is 4.71. The van der Waals surface area contributed by atoms with Gasteiger partial charge in [-0.3, -0.25) is 14.5 Å². The van der Waals surface area contributed by atoms with Gasteiger partial charge in [-0.15, -0.1) is 0 Å². The Morgan fingerprint density at radius 1 is 1.30 bits per heavy atom. The number of nitriles is 1. The van der Waals surface area contributed by atoms with Gasteiger partial charge < -0.3 is 5.32 Å². The molecule has 0 aliphatic carbocycles. The molecule has 1 aliphatic rings. The Balaban J connectivity index is 1.65. The average molecular weight is 416 g/mol. The summed E-state index contributed by atoms with van der Waals surface area (Å²) in [5.74, 6) is 0.595. The number of hydrogen-bond donors (Lipinski definition) is 1. The SMILES string of the molecule is CN=C1NC(=O)S/C1=C\c1ccc2nn(Cc3ccccc3C(C)(C)C#N)cc2c1. The molecule has 1 saturated heterocycles. The molecular weight excluding hydrogens is 394 g/mol. The van der Waals surface area contributed by atoms with E-state index in [0.717, 1.165) is 44.3 Å². The maximum Gasteiger partial charge on any atom is 0.289 e. The van der Waals surface area contributed by atoms with Crippen molar-refractivity contribution in [1.82, 2.24) is 15.1 Å². The van der Waals surface area contributed by atoms with E-state index in [1.807, 2.05) is 73.3 Å². The normalized spacial score (nSPS) is 16.9. The Kier molecular flexibility index (Phi) is 5.18. The van der Waals surface area contributed by atoms with Crippen molar-refractivity contribution < 1.29 is 4.79 Å². The summed E-state index contributed by atoms with van der Waals surface area (Å²) in [5.41, 5.74) is 3.40. The minimum Gasteiger partial charge on any atom is -0.300 e. The van der Waals surface area contributed by atoms with Crippen molar-refractivity contribution in [3.05, 3.63) is 70.3 Å². The molecule has 150 valence electrons. The minimum atomic E-state index is -0.564. The summed E-state index contributed by atoms with van der Waals surface area (Å²) in [4.78, 5) is 16.5. The Hall–Kier alpha value is -3.37. The molecule has 1 amide bonds. The molecule has 6 nitrogen and oxygen atoms in total. The monoisotopic (exact) mass is 415 g/mol. The Labute approximate surface area is 179 Å². The topological polar surface area (TPSA) is 83.1 Å². The zero-order valence-corrected chi connectivity index (χ0v) is 17.8. The van der Waals surface area contributed by atoms with E-state index in [0.29, 0.717) is 12.4 Å². The molecule has 1 fully saturated rings. The average Bonchev–Trinajstić information content (AvgIpc) is 3.29. The molecule has 0 atom stereocenters. The van der Waals surface area contributed by atoms with Crippen LogP contribution in [0.15, 0.2) is 58.6 Å². The van der Waals surface area contributed by atoms with Crippen LogP contribution in [0.4, 0.5) is 4.79 Å². The van der Waals surface area contributed by atoms with Gasteiger partial charge in [-0.05, 0) is 60.5 Å². The number of aliphatic imine (C=N–C) groups is 1. The van der Waals surface area contributed by atoms with Crippen LogP contribution in [0, 0.1) is 11.3 Å². The molecule has 0 spiro atoms. The first-order valence-electron chi connectivity index (χ1n) is 9.54. The molecule has 0 unspecified atom stereocenters. The number of fused-ring (bicyclic) bond motifs is 1. The molecule has 0 radical (unpaired) electrons. The number of nitrogens with one attached hydrogen (secondary N) is 1. The lowest BCUT2D eigenvalue weighted by molar-refractivity contribution is 0.265. The Morgan fingerprint density at radius 3 is 2.87 bits per heavy atom. The first-order valence-corrected chi connectivity index (χ1v) is 10.4. The molecule has 3 aromatic rings. The quantitative estimate of drug-likeness (QED) is 0.669. The molecule has 1 aromatic heterocycles. The lowest BCUT2D eigenvalue weighted by atomic mass is 9.83. The molecule has 2 aromatic carbocycles. The zero-order valence-electron chi connectivity index (χ0n) is 17.0. The second-order valence-corrected chi connectivity index (χ2v) is 8.65. The first kappa shape index (κ1) is 19.9. The van der Waals surface area contributed by atoms with Gasteiger partial charge in [0.1, 0.15) is 5.84 Å². The van der Waals surface area contributed by atoms with Gasteiger partial charge in [-0.1, -0.05) is 30.3 Å². The summed E-state index contributed by atoms with van der Waals surface area (Å²) < 4.78 is 1.90. The van der Waals surface area contributed by atoms with E-state index in [9.17, 15) is 10.1 Å². The molecule has 30 heavy (non-hydrogen) atoms. The third kappa shape index (κ3) is 3.87. The number of hydrogen-bond acceptors (Lipinski definition) is 5. The molecule has 1 aliphatic heterocycles. The highest BCUT2D eigenvalue weighted by Crippen LogP contribution is 2.28. The van der Waals surface area contributed by atoms with Crippen LogP contribution in [0.3, 0.4) is 0 Å². The molecule has 1 N–H and O–H groups in total. The standard InChI is InChI=1S/C23H21N5OS/c1-23(2,14-24)18-7-5-4-6-16(18)12-28-13-17-10-15(8-9-19(17)27-28)11-20-21(25-3)26-22(29)30-20/h4-11,13H,12H2,1-3H3,(H,25,26,29)/b20-11-. The third-order valence-electron chi connectivity index (χ3n) is 5.06. The summed E-state index contributed by atoms with van der Waals surface area (Å²) in [7, 11) is 1.66. The van der Waals surface area contributed by atoms with E-state index >= 15 is 0 Å². The Morgan fingerprint density at radius 2 is 2.10 bits per heavy atom. The largest absolute Gasteiger partial charge is 0.300 e. The van der Waals surface area contributed by atoms with Crippen LogP contribution in [0.5, 0.6) is 0 Å². The van der Waals surface area contributed by atoms with Gasteiger partial charge >= 0.3 is 0 Å². The van der Waals surface area contributed by atoms with Crippen LogP contribution in [-0.2, 0) is 12.0 Å². The van der Waals surface area contributed by atoms with Gasteiger partial charge in [-0.25, -0.2) is 0 Å². The highest BCUT2D eigenvalue weighted by Gasteiger charge is 2.24. The number of carbonyl (C=O) groups is 1. The van der Waals surface area contributed by atoms with Crippen LogP contribution in [-0.4, -0.2) is 27.9 Å². The fourth-order valence-corrected chi connectivity index (χ4v) is 4.30. The van der Waals surface area contributed by atoms with Crippen molar-refractivity contribution in [1.29, 1.82) is 5.26 Å². The van der Waals surface area contributed by atoms with E-state index in [1.54, 1.807) is 7.05 Å². The summed E-state index contributed by atoms with van der Waals surface area (Å²) in [6.07, 6.45) is 3.96. The van der Waals surface area contributed by atoms with Crippen LogP contribution < -0.4 is 5.32 Å². The molecular formula is C23H21N5OS. The van der Waals surface area contributed by atoms with Crippen LogP contribution in [0.1, 0.15) is 30.5 Å². The molecule has 4 rings (SSSR count). The maximum absolute atomic E-state index is 11.6. The second-order valence-electron chi connectivity index (χ2n) is 7.63. The second kappa shape index (κ2) is 7.81. The molecule has 7 heteroatoms.